The lowest BCUT2D eigenvalue weighted by Crippen LogP contribution is -2.29. The maximum absolute atomic E-state index is 2.50. The lowest BCUT2D eigenvalue weighted by molar-refractivity contribution is 0.244. The molecule has 2 fully saturated rings. The highest BCUT2D eigenvalue weighted by atomic mass is 15.1. The van der Waals surface area contributed by atoms with Gasteiger partial charge in [-0.3, -0.25) is 0 Å². The first-order valence-corrected chi connectivity index (χ1v) is 14.1. The molecule has 0 bridgehead atoms. The molecular weight excluding hydrogens is 424 g/mol. The molecule has 2 heteroatoms. The first-order valence-electron chi connectivity index (χ1n) is 14.1. The van der Waals surface area contributed by atoms with Gasteiger partial charge in [-0.15, -0.1) is 0 Å². The molecule has 0 aromatic heterocycles. The van der Waals surface area contributed by atoms with Gasteiger partial charge in [-0.05, 0) is 124 Å². The van der Waals surface area contributed by atoms with Crippen LogP contribution in [-0.2, 0) is 5.41 Å². The van der Waals surface area contributed by atoms with E-state index in [0.717, 1.165) is 24.7 Å². The largest absolute Gasteiger partial charge is 0.306 e. The fourth-order valence-corrected chi connectivity index (χ4v) is 6.69. The van der Waals surface area contributed by atoms with Gasteiger partial charge in [0.05, 0.1) is 0 Å². The number of nitrogens with zero attached hydrogens (tertiary/aromatic N) is 2. The van der Waals surface area contributed by atoms with E-state index in [9.17, 15) is 0 Å². The highest BCUT2D eigenvalue weighted by molar-refractivity contribution is 5.83. The summed E-state index contributed by atoms with van der Waals surface area (Å²) in [5.74, 6) is 1.44. The number of fused-ring (bicyclic) bond motifs is 3. The number of hydrogen-bond donors (Lipinski definition) is 0. The Morgan fingerprint density at radius 3 is 1.46 bits per heavy atom. The van der Waals surface area contributed by atoms with Gasteiger partial charge in [0.25, 0.3) is 0 Å². The van der Waals surface area contributed by atoms with Crippen molar-refractivity contribution in [2.24, 2.45) is 11.8 Å². The Labute approximate surface area is 213 Å². The Morgan fingerprint density at radius 1 is 0.686 bits per heavy atom. The monoisotopic (exact) mass is 468 g/mol. The molecule has 186 valence electrons. The summed E-state index contributed by atoms with van der Waals surface area (Å²) in [6.07, 6.45) is 17.2. The van der Waals surface area contributed by atoms with E-state index in [2.05, 4.69) is 98.4 Å². The average molecular weight is 469 g/mol. The summed E-state index contributed by atoms with van der Waals surface area (Å²) in [7, 11) is 4.48. The third-order valence-corrected chi connectivity index (χ3v) is 9.26. The normalized spacial score (nSPS) is 21.7. The van der Waals surface area contributed by atoms with Crippen LogP contribution in [0, 0.1) is 11.8 Å². The zero-order valence-electron chi connectivity index (χ0n) is 22.4. The van der Waals surface area contributed by atoms with Crippen molar-refractivity contribution in [3.05, 3.63) is 70.8 Å². The topological polar surface area (TPSA) is 6.48 Å². The van der Waals surface area contributed by atoms with Gasteiger partial charge < -0.3 is 9.80 Å². The van der Waals surface area contributed by atoms with Gasteiger partial charge >= 0.3 is 0 Å². The maximum Gasteiger partial charge on any atom is 0.0210 e. The predicted octanol–water partition coefficient (Wildman–Crippen LogP) is 7.48. The van der Waals surface area contributed by atoms with E-state index in [1.165, 1.54) is 74.1 Å². The molecule has 0 saturated carbocycles. The predicted molar refractivity (Wildman–Crippen MR) is 152 cm³/mol. The smallest absolute Gasteiger partial charge is 0.0210 e. The Balaban J connectivity index is 1.41. The molecule has 2 aliphatic heterocycles. The zero-order valence-corrected chi connectivity index (χ0v) is 22.4. The van der Waals surface area contributed by atoms with Crippen molar-refractivity contribution in [1.29, 1.82) is 0 Å². The summed E-state index contributed by atoms with van der Waals surface area (Å²) in [6.45, 7) is 9.64. The maximum atomic E-state index is 2.50. The summed E-state index contributed by atoms with van der Waals surface area (Å²) in [6, 6.07) is 14.5. The van der Waals surface area contributed by atoms with E-state index in [0.29, 0.717) is 0 Å². The number of likely N-dealkylation sites (tertiary alicyclic amines) is 2. The fraction of sp³-hybridized carbons (Fsp3) is 0.515. The molecule has 0 atom stereocenters. The van der Waals surface area contributed by atoms with E-state index < -0.39 is 0 Å². The molecule has 2 heterocycles. The van der Waals surface area contributed by atoms with Crippen LogP contribution < -0.4 is 0 Å². The first kappa shape index (κ1) is 24.5. The van der Waals surface area contributed by atoms with Crippen molar-refractivity contribution in [1.82, 2.24) is 9.80 Å². The lowest BCUT2D eigenvalue weighted by Gasteiger charge is -2.30. The Kier molecular flexibility index (Phi) is 7.32. The standard InChI is InChI=1S/C33H44N2/c1-5-33(6-2)31-23-27(9-7-25-15-19-34(3)20-16-25)11-13-29(31)30-14-12-28(24-32(30)33)10-8-26-17-21-35(4)22-18-26/h7-14,23-26H,5-6,15-22H2,1-4H3/b9-7+,10-8+. The van der Waals surface area contributed by atoms with Crippen molar-refractivity contribution in [2.75, 3.05) is 40.3 Å². The van der Waals surface area contributed by atoms with Crippen molar-refractivity contribution >= 4 is 12.2 Å². The quantitative estimate of drug-likeness (QED) is 0.433. The van der Waals surface area contributed by atoms with Gasteiger partial charge in [0.15, 0.2) is 0 Å². The summed E-state index contributed by atoms with van der Waals surface area (Å²) in [5.41, 5.74) is 8.84. The molecule has 0 N–H and O–H groups in total. The van der Waals surface area contributed by atoms with E-state index in [1.54, 1.807) is 11.1 Å². The van der Waals surface area contributed by atoms with E-state index in [-0.39, 0.29) is 5.41 Å². The lowest BCUT2D eigenvalue weighted by atomic mass is 9.73. The molecule has 35 heavy (non-hydrogen) atoms. The summed E-state index contributed by atoms with van der Waals surface area (Å²) in [5, 5.41) is 0. The van der Waals surface area contributed by atoms with E-state index in [4.69, 9.17) is 0 Å². The molecule has 5 rings (SSSR count). The minimum absolute atomic E-state index is 0.124. The van der Waals surface area contributed by atoms with Crippen molar-refractivity contribution in [3.8, 4) is 11.1 Å². The van der Waals surface area contributed by atoms with Crippen LogP contribution in [0.2, 0.25) is 0 Å². The molecule has 2 aromatic carbocycles. The van der Waals surface area contributed by atoms with Crippen LogP contribution in [-0.4, -0.2) is 50.1 Å². The summed E-state index contributed by atoms with van der Waals surface area (Å²) < 4.78 is 0. The van der Waals surface area contributed by atoms with E-state index >= 15 is 0 Å². The molecule has 2 nitrogen and oxygen atoms in total. The average Bonchev–Trinajstić information content (AvgIpc) is 3.16. The van der Waals surface area contributed by atoms with Crippen molar-refractivity contribution in [2.45, 2.75) is 57.8 Å². The SMILES string of the molecule is CCC1(CC)c2cc(/C=C/C3CCN(C)CC3)ccc2-c2ccc(/C=C/C3CCN(C)CC3)cc21. The van der Waals surface area contributed by atoms with Gasteiger partial charge in [0.1, 0.15) is 0 Å². The second-order valence-electron chi connectivity index (χ2n) is 11.4. The number of allylic oxidation sites excluding steroid dienone is 2. The van der Waals surface area contributed by atoms with Crippen LogP contribution in [0.3, 0.4) is 0 Å². The number of benzene rings is 2. The molecule has 3 aliphatic rings. The van der Waals surface area contributed by atoms with Crippen molar-refractivity contribution < 1.29 is 0 Å². The minimum Gasteiger partial charge on any atom is -0.306 e. The molecule has 0 unspecified atom stereocenters. The van der Waals surface area contributed by atoms with Gasteiger partial charge in [-0.2, -0.15) is 0 Å². The zero-order chi connectivity index (χ0) is 24.4. The van der Waals surface area contributed by atoms with Crippen molar-refractivity contribution in [3.63, 3.8) is 0 Å². The van der Waals surface area contributed by atoms with Gasteiger partial charge in [-0.25, -0.2) is 0 Å². The number of hydrogen-bond acceptors (Lipinski definition) is 2. The molecule has 0 amide bonds. The summed E-state index contributed by atoms with van der Waals surface area (Å²) in [4.78, 5) is 4.90. The number of piperidine rings is 2. The second kappa shape index (κ2) is 10.4. The highest BCUT2D eigenvalue weighted by Crippen LogP contribution is 2.53. The third kappa shape index (κ3) is 4.93. The van der Waals surface area contributed by atoms with Gasteiger partial charge in [0.2, 0.25) is 0 Å². The minimum atomic E-state index is 0.124. The fourth-order valence-electron chi connectivity index (χ4n) is 6.69. The molecule has 2 aromatic rings. The first-order chi connectivity index (χ1) is 17.0. The molecule has 2 saturated heterocycles. The molecule has 0 radical (unpaired) electrons. The van der Waals surface area contributed by atoms with Gasteiger partial charge in [-0.1, -0.05) is 74.5 Å². The molecule has 1 aliphatic carbocycles. The number of rotatable bonds is 6. The molecule has 0 spiro atoms. The van der Waals surface area contributed by atoms with Crippen LogP contribution in [0.15, 0.2) is 48.6 Å². The van der Waals surface area contributed by atoms with Crippen LogP contribution in [0.1, 0.15) is 74.6 Å². The van der Waals surface area contributed by atoms with Crippen LogP contribution in [0.5, 0.6) is 0 Å². The Hall–Kier alpha value is -2.16. The second-order valence-corrected chi connectivity index (χ2v) is 11.4. The van der Waals surface area contributed by atoms with Gasteiger partial charge in [0, 0.05) is 5.41 Å². The van der Waals surface area contributed by atoms with E-state index in [1.807, 2.05) is 0 Å². The van der Waals surface area contributed by atoms with Crippen LogP contribution >= 0.6 is 0 Å². The van der Waals surface area contributed by atoms with Crippen LogP contribution in [0.4, 0.5) is 0 Å². The van der Waals surface area contributed by atoms with Crippen LogP contribution in [0.25, 0.3) is 23.3 Å². The highest BCUT2D eigenvalue weighted by Gasteiger charge is 2.40. The third-order valence-electron chi connectivity index (χ3n) is 9.26. The summed E-state index contributed by atoms with van der Waals surface area (Å²) >= 11 is 0. The molecular formula is C33H44N2. The Bertz CT molecular complexity index is 991. The Morgan fingerprint density at radius 2 is 1.09 bits per heavy atom.